The van der Waals surface area contributed by atoms with Gasteiger partial charge in [-0.1, -0.05) is 6.07 Å². The van der Waals surface area contributed by atoms with Gasteiger partial charge in [-0.05, 0) is 25.0 Å². The van der Waals surface area contributed by atoms with Crippen LogP contribution in [0.3, 0.4) is 0 Å². The van der Waals surface area contributed by atoms with E-state index in [9.17, 15) is 4.79 Å². The molecule has 1 aromatic rings. The van der Waals surface area contributed by atoms with Crippen LogP contribution in [0.1, 0.15) is 18.5 Å². The molecule has 1 saturated heterocycles. The van der Waals surface area contributed by atoms with E-state index >= 15 is 0 Å². The Kier molecular flexibility index (Phi) is 10.3. The molecule has 2 N–H and O–H groups in total. The van der Waals surface area contributed by atoms with E-state index in [2.05, 4.69) is 20.6 Å². The van der Waals surface area contributed by atoms with Crippen molar-refractivity contribution in [1.29, 1.82) is 0 Å². The zero-order chi connectivity index (χ0) is 20.0. The van der Waals surface area contributed by atoms with E-state index in [1.54, 1.807) is 25.2 Å². The molecule has 0 spiro atoms. The highest BCUT2D eigenvalue weighted by Gasteiger charge is 2.15. The van der Waals surface area contributed by atoms with Crippen LogP contribution in [0, 0.1) is 5.92 Å². The first-order valence-electron chi connectivity index (χ1n) is 9.93. The Morgan fingerprint density at radius 3 is 3.04 bits per heavy atom. The summed E-state index contributed by atoms with van der Waals surface area (Å²) in [6, 6.07) is 5.81. The lowest BCUT2D eigenvalue weighted by Gasteiger charge is -2.18. The quantitative estimate of drug-likeness (QED) is 0.328. The highest BCUT2D eigenvalue weighted by Crippen LogP contribution is 2.12. The van der Waals surface area contributed by atoms with Gasteiger partial charge in [-0.15, -0.1) is 0 Å². The lowest BCUT2D eigenvalue weighted by Crippen LogP contribution is -2.44. The fourth-order valence-corrected chi connectivity index (χ4v) is 2.81. The molecule has 28 heavy (non-hydrogen) atoms. The van der Waals surface area contributed by atoms with Gasteiger partial charge in [-0.3, -0.25) is 14.8 Å². The third kappa shape index (κ3) is 8.67. The van der Waals surface area contributed by atoms with E-state index in [0.717, 1.165) is 51.3 Å². The minimum absolute atomic E-state index is 0.0148. The molecule has 2 rings (SSSR count). The van der Waals surface area contributed by atoms with Crippen LogP contribution in [0.15, 0.2) is 29.4 Å². The minimum Gasteiger partial charge on any atom is -0.381 e. The number of guanidine groups is 1. The Morgan fingerprint density at radius 2 is 2.32 bits per heavy atom. The molecular weight excluding hydrogens is 358 g/mol. The molecule has 1 fully saturated rings. The molecular formula is C20H33N5O3. The molecule has 0 bridgehead atoms. The van der Waals surface area contributed by atoms with Crippen molar-refractivity contribution in [3.8, 4) is 0 Å². The van der Waals surface area contributed by atoms with Crippen molar-refractivity contribution in [1.82, 2.24) is 20.5 Å². The number of nitrogens with zero attached hydrogens (tertiary/aromatic N) is 3. The fraction of sp³-hybridized carbons (Fsp3) is 0.650. The molecule has 1 unspecified atom stereocenters. The molecule has 0 aromatic carbocycles. The van der Waals surface area contributed by atoms with Crippen molar-refractivity contribution in [3.05, 3.63) is 30.1 Å². The number of pyridine rings is 1. The Balaban J connectivity index is 1.53. The van der Waals surface area contributed by atoms with Gasteiger partial charge in [0.15, 0.2) is 5.96 Å². The van der Waals surface area contributed by atoms with Crippen LogP contribution in [-0.4, -0.2) is 81.9 Å². The van der Waals surface area contributed by atoms with E-state index in [4.69, 9.17) is 9.47 Å². The summed E-state index contributed by atoms with van der Waals surface area (Å²) < 4.78 is 11.0. The second-order valence-corrected chi connectivity index (χ2v) is 6.90. The van der Waals surface area contributed by atoms with Gasteiger partial charge in [0.25, 0.3) is 0 Å². The number of amides is 1. The highest BCUT2D eigenvalue weighted by atomic mass is 16.5. The SMILES string of the molecule is CN=C(NCCCOCC1CCOC1)NCC(=O)N(C)CCc1ccccn1. The summed E-state index contributed by atoms with van der Waals surface area (Å²) in [7, 11) is 3.50. The molecule has 1 amide bonds. The second-order valence-electron chi connectivity index (χ2n) is 6.90. The van der Waals surface area contributed by atoms with Gasteiger partial charge < -0.3 is 25.0 Å². The van der Waals surface area contributed by atoms with Crippen LogP contribution in [0.5, 0.6) is 0 Å². The smallest absolute Gasteiger partial charge is 0.241 e. The van der Waals surface area contributed by atoms with E-state index in [1.807, 2.05) is 18.2 Å². The molecule has 1 aliphatic heterocycles. The summed E-state index contributed by atoms with van der Waals surface area (Å²) in [6.45, 7) is 4.73. The summed E-state index contributed by atoms with van der Waals surface area (Å²) in [4.78, 5) is 22.4. The van der Waals surface area contributed by atoms with Crippen molar-refractivity contribution < 1.29 is 14.3 Å². The molecule has 2 heterocycles. The first-order valence-corrected chi connectivity index (χ1v) is 9.93. The third-order valence-corrected chi connectivity index (χ3v) is 4.62. The average molecular weight is 392 g/mol. The van der Waals surface area contributed by atoms with Crippen LogP contribution in [-0.2, 0) is 20.7 Å². The molecule has 0 saturated carbocycles. The number of aliphatic imine (C=N–C) groups is 1. The molecule has 1 aliphatic rings. The average Bonchev–Trinajstić information content (AvgIpc) is 3.25. The van der Waals surface area contributed by atoms with Crippen LogP contribution in [0.2, 0.25) is 0 Å². The summed E-state index contributed by atoms with van der Waals surface area (Å²) >= 11 is 0. The van der Waals surface area contributed by atoms with Gasteiger partial charge in [-0.25, -0.2) is 0 Å². The molecule has 156 valence electrons. The van der Waals surface area contributed by atoms with Gasteiger partial charge in [0.1, 0.15) is 0 Å². The number of aromatic nitrogens is 1. The van der Waals surface area contributed by atoms with Gasteiger partial charge in [-0.2, -0.15) is 0 Å². The van der Waals surface area contributed by atoms with E-state index in [1.165, 1.54) is 0 Å². The fourth-order valence-electron chi connectivity index (χ4n) is 2.81. The van der Waals surface area contributed by atoms with Crippen molar-refractivity contribution >= 4 is 11.9 Å². The predicted octanol–water partition coefficient (Wildman–Crippen LogP) is 0.691. The van der Waals surface area contributed by atoms with Gasteiger partial charge in [0.05, 0.1) is 19.8 Å². The second kappa shape index (κ2) is 13.1. The van der Waals surface area contributed by atoms with E-state index in [0.29, 0.717) is 25.0 Å². The first-order chi connectivity index (χ1) is 13.7. The summed E-state index contributed by atoms with van der Waals surface area (Å²) in [5.74, 6) is 1.18. The number of hydrogen-bond donors (Lipinski definition) is 2. The van der Waals surface area contributed by atoms with E-state index in [-0.39, 0.29) is 12.5 Å². The van der Waals surface area contributed by atoms with Crippen molar-refractivity contribution in [3.63, 3.8) is 0 Å². The van der Waals surface area contributed by atoms with Crippen LogP contribution in [0.4, 0.5) is 0 Å². The molecule has 0 aliphatic carbocycles. The number of nitrogens with one attached hydrogen (secondary N) is 2. The Morgan fingerprint density at radius 1 is 1.43 bits per heavy atom. The largest absolute Gasteiger partial charge is 0.381 e. The van der Waals surface area contributed by atoms with Crippen LogP contribution >= 0.6 is 0 Å². The number of likely N-dealkylation sites (N-methyl/N-ethyl adjacent to an activating group) is 1. The highest BCUT2D eigenvalue weighted by molar-refractivity contribution is 5.86. The van der Waals surface area contributed by atoms with Crippen molar-refractivity contribution in [2.75, 3.05) is 60.2 Å². The first kappa shape index (κ1) is 22.1. The minimum atomic E-state index is 0.0148. The van der Waals surface area contributed by atoms with Crippen molar-refractivity contribution in [2.24, 2.45) is 10.9 Å². The van der Waals surface area contributed by atoms with Crippen LogP contribution < -0.4 is 10.6 Å². The summed E-state index contributed by atoms with van der Waals surface area (Å²) in [6.07, 6.45) is 4.48. The maximum atomic E-state index is 12.3. The zero-order valence-electron chi connectivity index (χ0n) is 17.0. The van der Waals surface area contributed by atoms with Gasteiger partial charge in [0, 0.05) is 64.6 Å². The molecule has 1 aromatic heterocycles. The predicted molar refractivity (Wildman–Crippen MR) is 109 cm³/mol. The number of rotatable bonds is 11. The Bertz CT molecular complexity index is 591. The van der Waals surface area contributed by atoms with E-state index < -0.39 is 0 Å². The standard InChI is InChI=1S/C20H33N5O3/c1-21-20(23-10-5-12-27-15-17-8-13-28-16-17)24-14-19(26)25(2)11-7-18-6-3-4-9-22-18/h3-4,6,9,17H,5,7-8,10-16H2,1-2H3,(H2,21,23,24). The number of ether oxygens (including phenoxy) is 2. The summed E-state index contributed by atoms with van der Waals surface area (Å²) in [5.41, 5.74) is 0.982. The third-order valence-electron chi connectivity index (χ3n) is 4.62. The number of carbonyl (C=O) groups excluding carboxylic acids is 1. The lowest BCUT2D eigenvalue weighted by molar-refractivity contribution is -0.128. The Hall–Kier alpha value is -2.19. The molecule has 8 heteroatoms. The topological polar surface area (TPSA) is 88.1 Å². The Labute approximate surface area is 167 Å². The zero-order valence-corrected chi connectivity index (χ0v) is 17.0. The monoisotopic (exact) mass is 391 g/mol. The maximum absolute atomic E-state index is 12.3. The normalized spacial score (nSPS) is 16.8. The lowest BCUT2D eigenvalue weighted by atomic mass is 10.1. The molecule has 0 radical (unpaired) electrons. The van der Waals surface area contributed by atoms with Gasteiger partial charge >= 0.3 is 0 Å². The van der Waals surface area contributed by atoms with Gasteiger partial charge in [0.2, 0.25) is 5.91 Å². The number of hydrogen-bond acceptors (Lipinski definition) is 5. The molecule has 8 nitrogen and oxygen atoms in total. The maximum Gasteiger partial charge on any atom is 0.241 e. The van der Waals surface area contributed by atoms with Crippen molar-refractivity contribution in [2.45, 2.75) is 19.3 Å². The molecule has 1 atom stereocenters. The summed E-state index contributed by atoms with van der Waals surface area (Å²) in [5, 5.41) is 6.26. The number of carbonyl (C=O) groups is 1. The van der Waals surface area contributed by atoms with Crippen LogP contribution in [0.25, 0.3) is 0 Å².